The minimum absolute atomic E-state index is 0.353. The minimum atomic E-state index is 0.353. The van der Waals surface area contributed by atoms with Crippen molar-refractivity contribution in [3.05, 3.63) is 59.9 Å². The Morgan fingerprint density at radius 1 is 1.26 bits per heavy atom. The lowest BCUT2D eigenvalue weighted by molar-refractivity contribution is 0.248. The van der Waals surface area contributed by atoms with Gasteiger partial charge in [0, 0.05) is 25.0 Å². The van der Waals surface area contributed by atoms with E-state index in [1.165, 1.54) is 17.5 Å². The third-order valence-corrected chi connectivity index (χ3v) is 3.73. The zero-order valence-corrected chi connectivity index (χ0v) is 10.9. The average molecular weight is 254 g/mol. The Bertz CT molecular complexity index is 541. The molecule has 2 heterocycles. The third kappa shape index (κ3) is 2.76. The molecule has 1 aromatic carbocycles. The van der Waals surface area contributed by atoms with Gasteiger partial charge in [-0.3, -0.25) is 9.88 Å². The van der Waals surface area contributed by atoms with Gasteiger partial charge in [0.15, 0.2) is 0 Å². The van der Waals surface area contributed by atoms with Gasteiger partial charge in [-0.15, -0.1) is 0 Å². The van der Waals surface area contributed by atoms with Crippen LogP contribution >= 0.6 is 0 Å². The topological polar surface area (TPSA) is 36.4 Å². The number of nitrogens with zero attached hydrogens (tertiary/aromatic N) is 2. The molecule has 1 fully saturated rings. The van der Waals surface area contributed by atoms with Crippen LogP contribution in [0.2, 0.25) is 0 Å². The lowest BCUT2D eigenvalue weighted by Crippen LogP contribution is -2.22. The zero-order valence-electron chi connectivity index (χ0n) is 10.9. The highest BCUT2D eigenvalue weighted by Gasteiger charge is 2.26. The standard InChI is InChI=1S/C16H18N2O/c19-15-6-1-5-14(10-15)16-7-3-9-18(16)12-13-4-2-8-17-11-13/h1-2,4-6,8,10-11,16,19H,3,7,9,12H2. The maximum Gasteiger partial charge on any atom is 0.115 e. The Hall–Kier alpha value is -1.87. The van der Waals surface area contributed by atoms with Crippen LogP contribution in [0.15, 0.2) is 48.8 Å². The lowest BCUT2D eigenvalue weighted by atomic mass is 10.0. The summed E-state index contributed by atoms with van der Waals surface area (Å²) in [4.78, 5) is 6.64. The number of rotatable bonds is 3. The van der Waals surface area contributed by atoms with Gasteiger partial charge in [0.1, 0.15) is 5.75 Å². The average Bonchev–Trinajstić information content (AvgIpc) is 2.88. The van der Waals surface area contributed by atoms with E-state index in [2.05, 4.69) is 22.0 Å². The number of benzene rings is 1. The molecule has 1 aliphatic heterocycles. The van der Waals surface area contributed by atoms with Crippen molar-refractivity contribution in [1.82, 2.24) is 9.88 Å². The summed E-state index contributed by atoms with van der Waals surface area (Å²) in [5.41, 5.74) is 2.45. The number of likely N-dealkylation sites (tertiary alicyclic amines) is 1. The van der Waals surface area contributed by atoms with Crippen molar-refractivity contribution in [1.29, 1.82) is 0 Å². The van der Waals surface area contributed by atoms with Gasteiger partial charge in [-0.1, -0.05) is 18.2 Å². The number of phenols is 1. The van der Waals surface area contributed by atoms with E-state index >= 15 is 0 Å². The molecule has 1 unspecified atom stereocenters. The van der Waals surface area contributed by atoms with Crippen LogP contribution in [0.1, 0.15) is 30.0 Å². The fraction of sp³-hybridized carbons (Fsp3) is 0.312. The molecule has 2 aromatic rings. The summed E-state index contributed by atoms with van der Waals surface area (Å²) in [6.07, 6.45) is 6.10. The minimum Gasteiger partial charge on any atom is -0.508 e. The molecule has 0 amide bonds. The molecule has 3 nitrogen and oxygen atoms in total. The van der Waals surface area contributed by atoms with Crippen LogP contribution in [-0.4, -0.2) is 21.5 Å². The Morgan fingerprint density at radius 3 is 3.00 bits per heavy atom. The molecule has 0 radical (unpaired) electrons. The van der Waals surface area contributed by atoms with Crippen LogP contribution in [0.25, 0.3) is 0 Å². The fourth-order valence-corrected chi connectivity index (χ4v) is 2.85. The quantitative estimate of drug-likeness (QED) is 0.914. The van der Waals surface area contributed by atoms with Gasteiger partial charge in [0.25, 0.3) is 0 Å². The molecule has 1 N–H and O–H groups in total. The maximum absolute atomic E-state index is 9.62. The second-order valence-electron chi connectivity index (χ2n) is 5.08. The molecule has 1 saturated heterocycles. The van der Waals surface area contributed by atoms with Crippen molar-refractivity contribution in [2.45, 2.75) is 25.4 Å². The number of pyridine rings is 1. The predicted octanol–water partition coefficient (Wildman–Crippen LogP) is 3.12. The SMILES string of the molecule is Oc1cccc(C2CCCN2Cc2cccnc2)c1. The molecule has 1 aromatic heterocycles. The highest BCUT2D eigenvalue weighted by atomic mass is 16.3. The Morgan fingerprint density at radius 2 is 2.21 bits per heavy atom. The van der Waals surface area contributed by atoms with Crippen LogP contribution in [0, 0.1) is 0 Å². The number of aromatic hydroxyl groups is 1. The highest BCUT2D eigenvalue weighted by molar-refractivity contribution is 5.30. The molecule has 19 heavy (non-hydrogen) atoms. The van der Waals surface area contributed by atoms with Crippen LogP contribution in [0.5, 0.6) is 5.75 Å². The first kappa shape index (κ1) is 12.2. The first-order valence-electron chi connectivity index (χ1n) is 6.75. The van der Waals surface area contributed by atoms with Crippen molar-refractivity contribution in [2.24, 2.45) is 0 Å². The van der Waals surface area contributed by atoms with E-state index in [0.29, 0.717) is 11.8 Å². The maximum atomic E-state index is 9.62. The molecule has 3 rings (SSSR count). The molecule has 0 bridgehead atoms. The van der Waals surface area contributed by atoms with Gasteiger partial charge in [-0.25, -0.2) is 0 Å². The molecule has 0 saturated carbocycles. The van der Waals surface area contributed by atoms with E-state index in [1.807, 2.05) is 24.4 Å². The summed E-state index contributed by atoms with van der Waals surface area (Å²) in [5, 5.41) is 9.62. The summed E-state index contributed by atoms with van der Waals surface area (Å²) in [7, 11) is 0. The second-order valence-corrected chi connectivity index (χ2v) is 5.08. The highest BCUT2D eigenvalue weighted by Crippen LogP contribution is 2.34. The molecule has 98 valence electrons. The van der Waals surface area contributed by atoms with Crippen LogP contribution in [0.3, 0.4) is 0 Å². The molecule has 0 aliphatic carbocycles. The van der Waals surface area contributed by atoms with Gasteiger partial charge in [-0.2, -0.15) is 0 Å². The van der Waals surface area contributed by atoms with E-state index in [9.17, 15) is 5.11 Å². The molecule has 0 spiro atoms. The van der Waals surface area contributed by atoms with Crippen molar-refractivity contribution in [3.63, 3.8) is 0 Å². The smallest absolute Gasteiger partial charge is 0.115 e. The lowest BCUT2D eigenvalue weighted by Gasteiger charge is -2.24. The molecular weight excluding hydrogens is 236 g/mol. The van der Waals surface area contributed by atoms with Crippen LogP contribution in [0.4, 0.5) is 0 Å². The van der Waals surface area contributed by atoms with Crippen molar-refractivity contribution in [2.75, 3.05) is 6.54 Å². The molecule has 1 aliphatic rings. The Labute approximate surface area is 113 Å². The van der Waals surface area contributed by atoms with Gasteiger partial charge in [-0.05, 0) is 48.7 Å². The van der Waals surface area contributed by atoms with Crippen LogP contribution < -0.4 is 0 Å². The number of phenolic OH excluding ortho intramolecular Hbond substituents is 1. The van der Waals surface area contributed by atoms with E-state index < -0.39 is 0 Å². The zero-order chi connectivity index (χ0) is 13.1. The van der Waals surface area contributed by atoms with Crippen molar-refractivity contribution >= 4 is 0 Å². The normalized spacial score (nSPS) is 19.7. The molecule has 3 heteroatoms. The van der Waals surface area contributed by atoms with E-state index in [0.717, 1.165) is 19.5 Å². The summed E-state index contributed by atoms with van der Waals surface area (Å²) < 4.78 is 0. The van der Waals surface area contributed by atoms with E-state index in [1.54, 1.807) is 12.3 Å². The Kier molecular flexibility index (Phi) is 3.47. The Balaban J connectivity index is 1.78. The number of aromatic nitrogens is 1. The molecular formula is C16H18N2O. The predicted molar refractivity (Wildman–Crippen MR) is 74.7 cm³/mol. The summed E-state index contributed by atoms with van der Waals surface area (Å²) >= 11 is 0. The van der Waals surface area contributed by atoms with Gasteiger partial charge < -0.3 is 5.11 Å². The van der Waals surface area contributed by atoms with Crippen molar-refractivity contribution < 1.29 is 5.11 Å². The number of hydrogen-bond donors (Lipinski definition) is 1. The first-order valence-corrected chi connectivity index (χ1v) is 6.75. The summed E-state index contributed by atoms with van der Waals surface area (Å²) in [5.74, 6) is 0.353. The van der Waals surface area contributed by atoms with E-state index in [-0.39, 0.29) is 0 Å². The summed E-state index contributed by atoms with van der Waals surface area (Å²) in [6.45, 7) is 2.03. The largest absolute Gasteiger partial charge is 0.508 e. The fourth-order valence-electron chi connectivity index (χ4n) is 2.85. The van der Waals surface area contributed by atoms with Crippen molar-refractivity contribution in [3.8, 4) is 5.75 Å². The third-order valence-electron chi connectivity index (χ3n) is 3.73. The van der Waals surface area contributed by atoms with Gasteiger partial charge in [0.2, 0.25) is 0 Å². The van der Waals surface area contributed by atoms with Gasteiger partial charge >= 0.3 is 0 Å². The van der Waals surface area contributed by atoms with Gasteiger partial charge in [0.05, 0.1) is 0 Å². The first-order chi connectivity index (χ1) is 9.33. The number of hydrogen-bond acceptors (Lipinski definition) is 3. The monoisotopic (exact) mass is 254 g/mol. The van der Waals surface area contributed by atoms with Crippen LogP contribution in [-0.2, 0) is 6.54 Å². The molecule has 1 atom stereocenters. The van der Waals surface area contributed by atoms with E-state index in [4.69, 9.17) is 0 Å². The second kappa shape index (κ2) is 5.41. The summed E-state index contributed by atoms with van der Waals surface area (Å²) in [6, 6.07) is 12.1.